The number of hydrogen-bond acceptors (Lipinski definition) is 5. The molecule has 0 aliphatic heterocycles. The third kappa shape index (κ3) is 4.40. The molecule has 0 aliphatic rings. The summed E-state index contributed by atoms with van der Waals surface area (Å²) in [5.74, 6) is 0.568. The Bertz CT molecular complexity index is 940. The second kappa shape index (κ2) is 8.13. The van der Waals surface area contributed by atoms with Crippen LogP contribution < -0.4 is 10.5 Å². The van der Waals surface area contributed by atoms with E-state index in [1.54, 1.807) is 12.1 Å². The maximum Gasteiger partial charge on any atom is 0.333 e. The molecule has 0 amide bonds. The molecule has 0 saturated heterocycles. The Hall–Kier alpha value is -3.00. The molecule has 2 aromatic heterocycles. The molecule has 0 spiro atoms. The van der Waals surface area contributed by atoms with Crippen molar-refractivity contribution in [2.45, 2.75) is 13.0 Å². The second-order valence-electron chi connectivity index (χ2n) is 5.58. The zero-order valence-electron chi connectivity index (χ0n) is 14.1. The quantitative estimate of drug-likeness (QED) is 0.484. The van der Waals surface area contributed by atoms with Gasteiger partial charge in [0.25, 0.3) is 0 Å². The fraction of sp³-hybridized carbons (Fsp3) is 0.167. The van der Waals surface area contributed by atoms with Crippen molar-refractivity contribution in [1.29, 1.82) is 0 Å². The van der Waals surface area contributed by atoms with Crippen LogP contribution in [0.5, 0.6) is 5.75 Å². The predicted octanol–water partition coefficient (Wildman–Crippen LogP) is 4.13. The molecule has 27 heavy (non-hydrogen) atoms. The van der Waals surface area contributed by atoms with Crippen LogP contribution in [0.4, 0.5) is 14.7 Å². The van der Waals surface area contributed by atoms with E-state index in [9.17, 15) is 8.78 Å². The highest BCUT2D eigenvalue weighted by atomic mass is 35.5. The van der Waals surface area contributed by atoms with Gasteiger partial charge in [0.1, 0.15) is 23.2 Å². The summed E-state index contributed by atoms with van der Waals surface area (Å²) in [6.07, 6.45) is 3.20. The largest absolute Gasteiger partial charge is 0.489 e. The summed E-state index contributed by atoms with van der Waals surface area (Å²) in [6, 6.07) is 8.75. The van der Waals surface area contributed by atoms with Crippen molar-refractivity contribution in [1.82, 2.24) is 19.7 Å². The summed E-state index contributed by atoms with van der Waals surface area (Å²) in [6.45, 7) is 1.16. The van der Waals surface area contributed by atoms with Gasteiger partial charge in [-0.25, -0.2) is 14.6 Å². The first-order chi connectivity index (χ1) is 13.0. The number of ether oxygens (including phenoxy) is 1. The molecule has 0 radical (unpaired) electrons. The third-order valence-corrected chi connectivity index (χ3v) is 3.87. The molecule has 9 heteroatoms. The minimum atomic E-state index is -2.79. The van der Waals surface area contributed by atoms with Crippen molar-refractivity contribution >= 4 is 17.5 Å². The normalized spacial score (nSPS) is 11.0. The van der Waals surface area contributed by atoms with Crippen LogP contribution in [0.1, 0.15) is 17.7 Å². The van der Waals surface area contributed by atoms with Crippen LogP contribution in [-0.4, -0.2) is 26.4 Å². The highest BCUT2D eigenvalue weighted by molar-refractivity contribution is 6.29. The summed E-state index contributed by atoms with van der Waals surface area (Å²) >= 11 is 5.92. The third-order valence-electron chi connectivity index (χ3n) is 3.67. The number of nitrogens with two attached hydrogens (primary N) is 1. The fourth-order valence-corrected chi connectivity index (χ4v) is 2.77. The summed E-state index contributed by atoms with van der Waals surface area (Å²) in [4.78, 5) is 7.85. The van der Waals surface area contributed by atoms with Gasteiger partial charge < -0.3 is 10.5 Å². The van der Waals surface area contributed by atoms with E-state index in [2.05, 4.69) is 21.6 Å². The first kappa shape index (κ1) is 18.8. The van der Waals surface area contributed by atoms with E-state index >= 15 is 0 Å². The lowest BCUT2D eigenvalue weighted by Crippen LogP contribution is -2.01. The lowest BCUT2D eigenvalue weighted by atomic mass is 10.0. The van der Waals surface area contributed by atoms with Gasteiger partial charge in [0.15, 0.2) is 0 Å². The zero-order valence-corrected chi connectivity index (χ0v) is 14.9. The Kier molecular flexibility index (Phi) is 5.66. The molecule has 0 atom stereocenters. The molecule has 3 rings (SSSR count). The Morgan fingerprint density at radius 2 is 2.04 bits per heavy atom. The van der Waals surface area contributed by atoms with Crippen LogP contribution >= 0.6 is 11.6 Å². The number of alkyl halides is 2. The van der Waals surface area contributed by atoms with E-state index in [1.165, 1.54) is 12.3 Å². The van der Waals surface area contributed by atoms with Crippen LogP contribution in [0.25, 0.3) is 11.4 Å². The Morgan fingerprint density at radius 3 is 2.74 bits per heavy atom. The van der Waals surface area contributed by atoms with Gasteiger partial charge in [-0.3, -0.25) is 0 Å². The maximum atomic E-state index is 13.2. The number of para-hydroxylation sites is 1. The van der Waals surface area contributed by atoms with Crippen molar-refractivity contribution in [3.8, 4) is 17.1 Å². The highest BCUT2D eigenvalue weighted by Crippen LogP contribution is 2.29. The van der Waals surface area contributed by atoms with Gasteiger partial charge in [0.05, 0.1) is 5.69 Å². The first-order valence-electron chi connectivity index (χ1n) is 7.96. The SMILES string of the molecule is C=CCOc1ccccc1Cc1cn(C(F)F)nc1-c1cc(Cl)nc(N)n1. The summed E-state index contributed by atoms with van der Waals surface area (Å²) < 4.78 is 32.6. The fourth-order valence-electron chi connectivity index (χ4n) is 2.58. The number of halogens is 3. The van der Waals surface area contributed by atoms with Crippen LogP contribution in [0.15, 0.2) is 49.2 Å². The molecule has 0 aliphatic carbocycles. The predicted molar refractivity (Wildman–Crippen MR) is 98.9 cm³/mol. The minimum Gasteiger partial charge on any atom is -0.489 e. The average Bonchev–Trinajstić information content (AvgIpc) is 3.04. The van der Waals surface area contributed by atoms with Gasteiger partial charge in [0, 0.05) is 24.2 Å². The zero-order chi connectivity index (χ0) is 19.4. The molecule has 0 bridgehead atoms. The maximum absolute atomic E-state index is 13.2. The lowest BCUT2D eigenvalue weighted by Gasteiger charge is -2.10. The lowest BCUT2D eigenvalue weighted by molar-refractivity contribution is 0.0567. The van der Waals surface area contributed by atoms with Crippen molar-refractivity contribution in [2.75, 3.05) is 12.3 Å². The highest BCUT2D eigenvalue weighted by Gasteiger charge is 2.19. The summed E-state index contributed by atoms with van der Waals surface area (Å²) in [5.41, 5.74) is 7.49. The van der Waals surface area contributed by atoms with Crippen molar-refractivity contribution in [3.05, 3.63) is 65.5 Å². The minimum absolute atomic E-state index is 0.0650. The molecule has 1 aromatic carbocycles. The van der Waals surface area contributed by atoms with E-state index in [-0.39, 0.29) is 22.5 Å². The van der Waals surface area contributed by atoms with Gasteiger partial charge in [-0.2, -0.15) is 13.9 Å². The molecular formula is C18H16ClF2N5O. The standard InChI is InChI=1S/C18H16ClF2N5O/c1-2-7-27-14-6-4-3-5-11(14)8-12-10-26(17(20)21)25-16(12)13-9-15(19)24-18(22)23-13/h2-6,9-10,17H,1,7-8H2,(H2,22,23,24). The van der Waals surface area contributed by atoms with E-state index in [4.69, 9.17) is 22.1 Å². The molecule has 3 aromatic rings. The number of benzene rings is 1. The van der Waals surface area contributed by atoms with Crippen molar-refractivity contribution < 1.29 is 13.5 Å². The number of rotatable bonds is 7. The Morgan fingerprint density at radius 1 is 1.26 bits per heavy atom. The molecule has 140 valence electrons. The molecule has 0 unspecified atom stereocenters. The van der Waals surface area contributed by atoms with Crippen LogP contribution in [-0.2, 0) is 6.42 Å². The number of hydrogen-bond donors (Lipinski definition) is 1. The molecule has 0 fully saturated rings. The Balaban J connectivity index is 2.04. The molecule has 2 N–H and O–H groups in total. The Labute approximate surface area is 159 Å². The summed E-state index contributed by atoms with van der Waals surface area (Å²) in [5, 5.41) is 4.06. The summed E-state index contributed by atoms with van der Waals surface area (Å²) in [7, 11) is 0. The van der Waals surface area contributed by atoms with Gasteiger partial charge in [0.2, 0.25) is 5.95 Å². The van der Waals surface area contributed by atoms with E-state index < -0.39 is 6.55 Å². The average molecular weight is 392 g/mol. The van der Waals surface area contributed by atoms with E-state index in [1.807, 2.05) is 18.2 Å². The number of nitrogen functional groups attached to an aromatic ring is 1. The molecular weight excluding hydrogens is 376 g/mol. The second-order valence-corrected chi connectivity index (χ2v) is 5.97. The topological polar surface area (TPSA) is 78.8 Å². The number of aromatic nitrogens is 4. The van der Waals surface area contributed by atoms with Gasteiger partial charge in [-0.1, -0.05) is 42.5 Å². The van der Waals surface area contributed by atoms with Crippen molar-refractivity contribution in [2.24, 2.45) is 0 Å². The van der Waals surface area contributed by atoms with Crippen LogP contribution in [0.2, 0.25) is 5.15 Å². The van der Waals surface area contributed by atoms with Gasteiger partial charge in [-0.05, 0) is 11.6 Å². The molecule has 2 heterocycles. The van der Waals surface area contributed by atoms with Gasteiger partial charge in [-0.15, -0.1) is 0 Å². The molecule has 6 nitrogen and oxygen atoms in total. The van der Waals surface area contributed by atoms with E-state index in [0.717, 1.165) is 5.56 Å². The first-order valence-corrected chi connectivity index (χ1v) is 8.34. The van der Waals surface area contributed by atoms with E-state index in [0.29, 0.717) is 29.0 Å². The smallest absolute Gasteiger partial charge is 0.333 e. The van der Waals surface area contributed by atoms with Crippen molar-refractivity contribution in [3.63, 3.8) is 0 Å². The van der Waals surface area contributed by atoms with Crippen LogP contribution in [0.3, 0.4) is 0 Å². The number of nitrogens with zero attached hydrogens (tertiary/aromatic N) is 4. The van der Waals surface area contributed by atoms with Crippen LogP contribution in [0, 0.1) is 0 Å². The number of anilines is 1. The monoisotopic (exact) mass is 391 g/mol. The molecule has 0 saturated carbocycles. The van der Waals surface area contributed by atoms with Gasteiger partial charge >= 0.3 is 6.55 Å².